The Bertz CT molecular complexity index is 503. The van der Waals surface area contributed by atoms with Gasteiger partial charge in [-0.2, -0.15) is 0 Å². The number of rotatable bonds is 2. The van der Waals surface area contributed by atoms with E-state index in [1.165, 1.54) is 16.9 Å². The van der Waals surface area contributed by atoms with Crippen molar-refractivity contribution in [2.75, 3.05) is 12.3 Å². The highest BCUT2D eigenvalue weighted by atomic mass is 32.2. The molecule has 3 rings (SSSR count). The Kier molecular flexibility index (Phi) is 4.03. The third-order valence-corrected chi connectivity index (χ3v) is 5.62. The second-order valence-electron chi connectivity index (χ2n) is 5.86. The van der Waals surface area contributed by atoms with Crippen LogP contribution in [-0.2, 0) is 4.79 Å². The molecule has 0 aromatic heterocycles. The van der Waals surface area contributed by atoms with Crippen LogP contribution in [0.1, 0.15) is 37.7 Å². The highest BCUT2D eigenvalue weighted by Gasteiger charge is 2.36. The Morgan fingerprint density at radius 2 is 2.20 bits per heavy atom. The Hall–Kier alpha value is -1.00. The Labute approximate surface area is 124 Å². The summed E-state index contributed by atoms with van der Waals surface area (Å²) in [5, 5.41) is 0. The zero-order chi connectivity index (χ0) is 14.1. The van der Waals surface area contributed by atoms with Crippen molar-refractivity contribution in [3.8, 4) is 0 Å². The first-order chi connectivity index (χ1) is 9.68. The molecule has 1 aromatic rings. The third-order valence-electron chi connectivity index (χ3n) is 4.44. The average Bonchev–Trinajstić information content (AvgIpc) is 2.90. The molecule has 0 radical (unpaired) electrons. The maximum Gasteiger partial charge on any atom is 0.231 e. The molecule has 2 aliphatic rings. The second kappa shape index (κ2) is 5.78. The number of hydrogen-bond acceptors (Lipinski definition) is 3. The Morgan fingerprint density at radius 3 is 3.00 bits per heavy atom. The molecule has 20 heavy (non-hydrogen) atoms. The topological polar surface area (TPSA) is 46.3 Å². The molecule has 1 amide bonds. The van der Waals surface area contributed by atoms with Crippen LogP contribution in [0.15, 0.2) is 29.2 Å². The minimum absolute atomic E-state index is 0.0237. The number of nitrogens with two attached hydrogens (primary N) is 1. The molecule has 2 aliphatic heterocycles. The van der Waals surface area contributed by atoms with Crippen LogP contribution in [0.25, 0.3) is 0 Å². The fourth-order valence-electron chi connectivity index (χ4n) is 3.34. The van der Waals surface area contributed by atoms with Crippen LogP contribution in [0, 0.1) is 0 Å². The molecule has 2 heterocycles. The molecule has 3 atom stereocenters. The lowest BCUT2D eigenvalue weighted by Gasteiger charge is -2.39. The number of fused-ring (bicyclic) bond motifs is 1. The highest BCUT2D eigenvalue weighted by molar-refractivity contribution is 7.99. The number of hydrogen-bond donors (Lipinski definition) is 1. The van der Waals surface area contributed by atoms with Gasteiger partial charge in [-0.05, 0) is 37.8 Å². The summed E-state index contributed by atoms with van der Waals surface area (Å²) in [6.07, 6.45) is 3.34. The minimum atomic E-state index is 0.0237. The van der Waals surface area contributed by atoms with E-state index in [-0.39, 0.29) is 23.9 Å². The van der Waals surface area contributed by atoms with Crippen molar-refractivity contribution >= 4 is 17.7 Å². The van der Waals surface area contributed by atoms with Crippen LogP contribution in [0.2, 0.25) is 0 Å². The van der Waals surface area contributed by atoms with Crippen LogP contribution in [-0.4, -0.2) is 35.2 Å². The summed E-state index contributed by atoms with van der Waals surface area (Å²) < 4.78 is 0. The predicted octanol–water partition coefficient (Wildman–Crippen LogP) is 2.60. The second-order valence-corrected chi connectivity index (χ2v) is 6.92. The number of benzene rings is 1. The number of carbonyl (C=O) groups is 1. The highest BCUT2D eigenvalue weighted by Crippen LogP contribution is 2.41. The van der Waals surface area contributed by atoms with Gasteiger partial charge in [0, 0.05) is 29.3 Å². The maximum atomic E-state index is 12.9. The summed E-state index contributed by atoms with van der Waals surface area (Å²) in [7, 11) is 0. The predicted molar refractivity (Wildman–Crippen MR) is 82.9 cm³/mol. The van der Waals surface area contributed by atoms with Crippen molar-refractivity contribution in [1.82, 2.24) is 4.90 Å². The zero-order valence-corrected chi connectivity index (χ0v) is 12.7. The largest absolute Gasteiger partial charge is 0.338 e. The zero-order valence-electron chi connectivity index (χ0n) is 11.9. The molecule has 2 N–H and O–H groups in total. The van der Waals surface area contributed by atoms with Gasteiger partial charge in [0.1, 0.15) is 0 Å². The van der Waals surface area contributed by atoms with Crippen molar-refractivity contribution in [1.29, 1.82) is 0 Å². The van der Waals surface area contributed by atoms with Crippen molar-refractivity contribution in [3.63, 3.8) is 0 Å². The van der Waals surface area contributed by atoms with Crippen LogP contribution >= 0.6 is 11.8 Å². The molecule has 0 aliphatic carbocycles. The van der Waals surface area contributed by atoms with E-state index >= 15 is 0 Å². The van der Waals surface area contributed by atoms with Crippen LogP contribution in [0.3, 0.4) is 0 Å². The number of piperidine rings is 1. The van der Waals surface area contributed by atoms with E-state index < -0.39 is 0 Å². The van der Waals surface area contributed by atoms with Crippen LogP contribution < -0.4 is 5.73 Å². The van der Waals surface area contributed by atoms with Gasteiger partial charge in [0.05, 0.1) is 5.92 Å². The number of carbonyl (C=O) groups excluding carboxylic acids is 1. The molecular formula is C16H22N2OS. The van der Waals surface area contributed by atoms with Gasteiger partial charge in [-0.3, -0.25) is 4.79 Å². The van der Waals surface area contributed by atoms with Crippen molar-refractivity contribution in [3.05, 3.63) is 29.8 Å². The van der Waals surface area contributed by atoms with E-state index in [1.807, 2.05) is 19.1 Å². The standard InChI is InChI=1S/C16H22N2OS/c1-11(17)14-7-4-5-9-18(14)16(19)13-10-20-15-8-3-2-6-12(13)15/h2-3,6,8,11,13-14H,4-5,7,9-10,17H2,1H3/t11-,13+,14-/m0/s1. The first-order valence-electron chi connectivity index (χ1n) is 7.46. The average molecular weight is 290 g/mol. The number of amides is 1. The normalized spacial score (nSPS) is 27.2. The van der Waals surface area contributed by atoms with Crippen molar-refractivity contribution in [2.45, 2.75) is 49.1 Å². The number of thioether (sulfide) groups is 1. The smallest absolute Gasteiger partial charge is 0.231 e. The summed E-state index contributed by atoms with van der Waals surface area (Å²) in [5.74, 6) is 1.18. The van der Waals surface area contributed by atoms with Gasteiger partial charge in [-0.1, -0.05) is 18.2 Å². The molecular weight excluding hydrogens is 268 g/mol. The Morgan fingerprint density at radius 1 is 1.40 bits per heavy atom. The van der Waals surface area contributed by atoms with Crippen LogP contribution in [0.5, 0.6) is 0 Å². The lowest BCUT2D eigenvalue weighted by molar-refractivity contribution is -0.136. The lowest BCUT2D eigenvalue weighted by Crippen LogP contribution is -2.53. The molecule has 1 aromatic carbocycles. The fraction of sp³-hybridized carbons (Fsp3) is 0.562. The monoisotopic (exact) mass is 290 g/mol. The molecule has 0 unspecified atom stereocenters. The SMILES string of the molecule is C[C@H](N)[C@@H]1CCCCN1C(=O)[C@@H]1CSc2ccccc21. The number of nitrogens with zero attached hydrogens (tertiary/aromatic N) is 1. The van der Waals surface area contributed by atoms with E-state index in [0.29, 0.717) is 0 Å². The van der Waals surface area contributed by atoms with Crippen molar-refractivity contribution < 1.29 is 4.79 Å². The van der Waals surface area contributed by atoms with E-state index in [9.17, 15) is 4.79 Å². The molecule has 0 spiro atoms. The first-order valence-corrected chi connectivity index (χ1v) is 8.45. The van der Waals surface area contributed by atoms with Gasteiger partial charge in [0.15, 0.2) is 0 Å². The molecule has 0 bridgehead atoms. The van der Waals surface area contributed by atoms with Gasteiger partial charge in [0.2, 0.25) is 5.91 Å². The van der Waals surface area contributed by atoms with Gasteiger partial charge in [-0.25, -0.2) is 0 Å². The molecule has 3 nitrogen and oxygen atoms in total. The van der Waals surface area contributed by atoms with Gasteiger partial charge in [0.25, 0.3) is 0 Å². The summed E-state index contributed by atoms with van der Waals surface area (Å²) in [4.78, 5) is 16.3. The summed E-state index contributed by atoms with van der Waals surface area (Å²) in [6, 6.07) is 8.57. The molecule has 1 saturated heterocycles. The van der Waals surface area contributed by atoms with E-state index in [4.69, 9.17) is 5.73 Å². The first kappa shape index (κ1) is 14.0. The lowest BCUT2D eigenvalue weighted by atomic mass is 9.93. The molecule has 4 heteroatoms. The quantitative estimate of drug-likeness (QED) is 0.910. The van der Waals surface area contributed by atoms with E-state index in [1.54, 1.807) is 11.8 Å². The maximum absolute atomic E-state index is 12.9. The minimum Gasteiger partial charge on any atom is -0.338 e. The van der Waals surface area contributed by atoms with Gasteiger partial charge >= 0.3 is 0 Å². The molecule has 1 fully saturated rings. The molecule has 108 valence electrons. The Balaban J connectivity index is 1.82. The van der Waals surface area contributed by atoms with Gasteiger partial charge < -0.3 is 10.6 Å². The van der Waals surface area contributed by atoms with Crippen molar-refractivity contribution in [2.24, 2.45) is 5.73 Å². The molecule has 0 saturated carbocycles. The summed E-state index contributed by atoms with van der Waals surface area (Å²) in [5.41, 5.74) is 7.29. The van der Waals surface area contributed by atoms with E-state index in [0.717, 1.165) is 25.1 Å². The fourth-order valence-corrected chi connectivity index (χ4v) is 4.56. The van der Waals surface area contributed by atoms with E-state index in [2.05, 4.69) is 17.0 Å². The number of likely N-dealkylation sites (tertiary alicyclic amines) is 1. The third kappa shape index (κ3) is 2.47. The summed E-state index contributed by atoms with van der Waals surface area (Å²) in [6.45, 7) is 2.89. The van der Waals surface area contributed by atoms with Crippen LogP contribution in [0.4, 0.5) is 0 Å². The summed E-state index contributed by atoms with van der Waals surface area (Å²) >= 11 is 1.80. The van der Waals surface area contributed by atoms with Gasteiger partial charge in [-0.15, -0.1) is 11.8 Å².